The number of halogens is 1. The molecule has 1 aliphatic carbocycles. The molecule has 1 unspecified atom stereocenters. The summed E-state index contributed by atoms with van der Waals surface area (Å²) in [6, 6.07) is 0. The minimum Gasteiger partial charge on any atom is -0.236 e. The Kier molecular flexibility index (Phi) is 3.10. The van der Waals surface area contributed by atoms with Crippen LogP contribution < -0.4 is 0 Å². The molecule has 0 saturated carbocycles. The zero-order valence-corrected chi connectivity index (χ0v) is 10.5. The molecule has 0 aliphatic heterocycles. The average Bonchev–Trinajstić information content (AvgIpc) is 2.26. The van der Waals surface area contributed by atoms with Gasteiger partial charge in [0.25, 0.3) is 0 Å². The van der Waals surface area contributed by atoms with Gasteiger partial charge in [-0.05, 0) is 37.3 Å². The molecule has 84 valence electrons. The molecule has 0 N–H and O–H groups in total. The van der Waals surface area contributed by atoms with E-state index in [1.165, 1.54) is 17.5 Å². The summed E-state index contributed by atoms with van der Waals surface area (Å²) in [6.07, 6.45) is 7.15. The number of nitrogens with zero attached hydrogens (tertiary/aromatic N) is 2. The molecule has 1 aromatic rings. The summed E-state index contributed by atoms with van der Waals surface area (Å²) in [4.78, 5) is 8.33. The van der Waals surface area contributed by atoms with Gasteiger partial charge in [0.05, 0.1) is 5.69 Å². The minimum absolute atomic E-state index is 0.539. The first kappa shape index (κ1) is 11.3. The molecule has 2 rings (SSSR count). The van der Waals surface area contributed by atoms with Crippen molar-refractivity contribution in [3.8, 4) is 0 Å². The smallest absolute Gasteiger partial charge is 0.135 e. The Labute approximate surface area is 101 Å². The quantitative estimate of drug-likeness (QED) is 0.691. The van der Waals surface area contributed by atoms with Gasteiger partial charge in [-0.2, -0.15) is 0 Å². The van der Waals surface area contributed by atoms with Crippen molar-refractivity contribution in [2.75, 3.05) is 0 Å². The third-order valence-electron chi connectivity index (χ3n) is 2.95. The van der Waals surface area contributed by atoms with Crippen LogP contribution in [0, 0.1) is 12.8 Å². The second kappa shape index (κ2) is 4.38. The summed E-state index contributed by atoms with van der Waals surface area (Å²) in [5.41, 5.74) is 4.38. The highest BCUT2D eigenvalue weighted by atomic mass is 35.5. The molecule has 0 aromatic carbocycles. The largest absolute Gasteiger partial charge is 0.236 e. The molecule has 2 nitrogen and oxygen atoms in total. The van der Waals surface area contributed by atoms with Crippen molar-refractivity contribution in [2.24, 2.45) is 5.92 Å². The average molecular weight is 235 g/mol. The van der Waals surface area contributed by atoms with Crippen molar-refractivity contribution in [3.05, 3.63) is 40.5 Å². The number of allylic oxidation sites excluding steroid dienone is 4. The fourth-order valence-corrected chi connectivity index (χ4v) is 2.06. The standard InChI is InChI=1S/C13H15ClN2/c1-8-4-5-9(2)11(6-8)12-10(3)13(14)16-7-15-12/h5-8H,4H2,1-3H3. The predicted octanol–water partition coefficient (Wildman–Crippen LogP) is 3.81. The monoisotopic (exact) mass is 234 g/mol. The summed E-state index contributed by atoms with van der Waals surface area (Å²) in [7, 11) is 0. The summed E-state index contributed by atoms with van der Waals surface area (Å²) in [6.45, 7) is 6.29. The zero-order chi connectivity index (χ0) is 11.7. The van der Waals surface area contributed by atoms with Crippen LogP contribution in [0.3, 0.4) is 0 Å². The van der Waals surface area contributed by atoms with E-state index in [9.17, 15) is 0 Å². The van der Waals surface area contributed by atoms with Crippen LogP contribution in [0.1, 0.15) is 31.5 Å². The van der Waals surface area contributed by atoms with E-state index in [-0.39, 0.29) is 0 Å². The van der Waals surface area contributed by atoms with Crippen LogP contribution in [0.4, 0.5) is 0 Å². The molecule has 0 radical (unpaired) electrons. The highest BCUT2D eigenvalue weighted by Crippen LogP contribution is 2.31. The van der Waals surface area contributed by atoms with Gasteiger partial charge < -0.3 is 0 Å². The molecule has 0 spiro atoms. The number of aromatic nitrogens is 2. The molecule has 1 aliphatic rings. The molecule has 1 atom stereocenters. The van der Waals surface area contributed by atoms with Crippen LogP contribution in [0.15, 0.2) is 24.1 Å². The van der Waals surface area contributed by atoms with Gasteiger partial charge in [-0.25, -0.2) is 9.97 Å². The molecule has 0 bridgehead atoms. The van der Waals surface area contributed by atoms with E-state index in [1.54, 1.807) is 0 Å². The first-order valence-electron chi connectivity index (χ1n) is 5.46. The lowest BCUT2D eigenvalue weighted by atomic mass is 9.89. The van der Waals surface area contributed by atoms with E-state index in [0.29, 0.717) is 11.1 Å². The molecule has 1 aromatic heterocycles. The van der Waals surface area contributed by atoms with E-state index < -0.39 is 0 Å². The summed E-state index contributed by atoms with van der Waals surface area (Å²) in [5, 5.41) is 0.539. The van der Waals surface area contributed by atoms with Crippen molar-refractivity contribution in [1.29, 1.82) is 0 Å². The van der Waals surface area contributed by atoms with Crippen molar-refractivity contribution in [2.45, 2.75) is 27.2 Å². The Morgan fingerprint density at radius 2 is 2.06 bits per heavy atom. The molecule has 0 amide bonds. The van der Waals surface area contributed by atoms with Gasteiger partial charge in [0.2, 0.25) is 0 Å². The second-order valence-electron chi connectivity index (χ2n) is 4.32. The predicted molar refractivity (Wildman–Crippen MR) is 67.3 cm³/mol. The van der Waals surface area contributed by atoms with Crippen LogP contribution >= 0.6 is 11.6 Å². The molecular formula is C13H15ClN2. The maximum atomic E-state index is 6.02. The second-order valence-corrected chi connectivity index (χ2v) is 4.68. The van der Waals surface area contributed by atoms with Crippen LogP contribution in [0.25, 0.3) is 5.57 Å². The highest BCUT2D eigenvalue weighted by molar-refractivity contribution is 6.30. The van der Waals surface area contributed by atoms with E-state index in [2.05, 4.69) is 36.0 Å². The van der Waals surface area contributed by atoms with Gasteiger partial charge in [0.1, 0.15) is 11.5 Å². The van der Waals surface area contributed by atoms with E-state index in [1.807, 2.05) is 6.92 Å². The van der Waals surface area contributed by atoms with Crippen LogP contribution in [0.5, 0.6) is 0 Å². The molecule has 0 saturated heterocycles. The van der Waals surface area contributed by atoms with Crippen LogP contribution in [-0.4, -0.2) is 9.97 Å². The van der Waals surface area contributed by atoms with Gasteiger partial charge in [-0.3, -0.25) is 0 Å². The topological polar surface area (TPSA) is 25.8 Å². The summed E-state index contributed by atoms with van der Waals surface area (Å²) >= 11 is 6.02. The van der Waals surface area contributed by atoms with Gasteiger partial charge in [0, 0.05) is 5.56 Å². The van der Waals surface area contributed by atoms with Crippen molar-refractivity contribution in [1.82, 2.24) is 9.97 Å². The van der Waals surface area contributed by atoms with Crippen LogP contribution in [-0.2, 0) is 0 Å². The maximum Gasteiger partial charge on any atom is 0.135 e. The normalized spacial score (nSPS) is 20.4. The third-order valence-corrected chi connectivity index (χ3v) is 3.33. The summed E-state index contributed by atoms with van der Waals surface area (Å²) < 4.78 is 0. The van der Waals surface area contributed by atoms with E-state index >= 15 is 0 Å². The first-order valence-corrected chi connectivity index (χ1v) is 5.84. The fourth-order valence-electron chi connectivity index (χ4n) is 1.92. The van der Waals surface area contributed by atoms with E-state index in [4.69, 9.17) is 11.6 Å². The molecule has 3 heteroatoms. The molecular weight excluding hydrogens is 220 g/mol. The Hall–Kier alpha value is -1.15. The number of rotatable bonds is 1. The number of hydrogen-bond acceptors (Lipinski definition) is 2. The molecule has 16 heavy (non-hydrogen) atoms. The Morgan fingerprint density at radius 1 is 1.31 bits per heavy atom. The van der Waals surface area contributed by atoms with E-state index in [0.717, 1.165) is 17.7 Å². The number of hydrogen-bond donors (Lipinski definition) is 0. The Morgan fingerprint density at radius 3 is 2.81 bits per heavy atom. The lowest BCUT2D eigenvalue weighted by Crippen LogP contribution is -2.03. The first-order chi connectivity index (χ1) is 7.59. The van der Waals surface area contributed by atoms with Gasteiger partial charge in [-0.1, -0.05) is 30.7 Å². The minimum atomic E-state index is 0.539. The van der Waals surface area contributed by atoms with Crippen LogP contribution in [0.2, 0.25) is 5.15 Å². The van der Waals surface area contributed by atoms with Gasteiger partial charge >= 0.3 is 0 Å². The fraction of sp³-hybridized carbons (Fsp3) is 0.385. The Bertz CT molecular complexity index is 475. The third kappa shape index (κ3) is 2.03. The molecule has 0 fully saturated rings. The zero-order valence-electron chi connectivity index (χ0n) is 9.79. The maximum absolute atomic E-state index is 6.02. The van der Waals surface area contributed by atoms with Gasteiger partial charge in [0.15, 0.2) is 0 Å². The SMILES string of the molecule is CC1=CCC(C)C=C1c1ncnc(Cl)c1C. The van der Waals surface area contributed by atoms with Crippen molar-refractivity contribution < 1.29 is 0 Å². The van der Waals surface area contributed by atoms with Crippen molar-refractivity contribution >= 4 is 17.2 Å². The highest BCUT2D eigenvalue weighted by Gasteiger charge is 2.15. The van der Waals surface area contributed by atoms with Gasteiger partial charge in [-0.15, -0.1) is 0 Å². The van der Waals surface area contributed by atoms with Crippen molar-refractivity contribution in [3.63, 3.8) is 0 Å². The Balaban J connectivity index is 2.52. The lowest BCUT2D eigenvalue weighted by molar-refractivity contribution is 0.733. The lowest BCUT2D eigenvalue weighted by Gasteiger charge is -2.18. The molecule has 1 heterocycles. The summed E-state index contributed by atoms with van der Waals surface area (Å²) in [5.74, 6) is 0.562.